The number of esters is 1. The van der Waals surface area contributed by atoms with Crippen molar-refractivity contribution in [2.45, 2.75) is 25.2 Å². The number of benzene rings is 2. The van der Waals surface area contributed by atoms with Gasteiger partial charge in [0.25, 0.3) is 5.56 Å². The lowest BCUT2D eigenvalue weighted by atomic mass is 10.1. The van der Waals surface area contributed by atoms with Crippen LogP contribution in [-0.2, 0) is 19.6 Å². The highest BCUT2D eigenvalue weighted by Crippen LogP contribution is 2.32. The molecule has 12 nitrogen and oxygen atoms in total. The molecule has 0 spiro atoms. The molecule has 2 aromatic carbocycles. The Kier molecular flexibility index (Phi) is 7.64. The van der Waals surface area contributed by atoms with Crippen molar-refractivity contribution in [2.75, 3.05) is 45.9 Å². The second-order valence-corrected chi connectivity index (χ2v) is 11.1. The summed E-state index contributed by atoms with van der Waals surface area (Å²) in [6, 6.07) is 7.98. The van der Waals surface area contributed by atoms with Crippen molar-refractivity contribution in [3.8, 4) is 17.1 Å². The van der Waals surface area contributed by atoms with Crippen LogP contribution in [-0.4, -0.2) is 89.5 Å². The Hall–Kier alpha value is -3.81. The molecule has 5 rings (SSSR count). The molecule has 2 aromatic heterocycles. The van der Waals surface area contributed by atoms with Gasteiger partial charge in [-0.05, 0) is 43.7 Å². The number of aromatic amines is 2. The summed E-state index contributed by atoms with van der Waals surface area (Å²) < 4.78 is 39.5. The first kappa shape index (κ1) is 26.8. The van der Waals surface area contributed by atoms with Crippen LogP contribution in [0.1, 0.15) is 20.3 Å². The van der Waals surface area contributed by atoms with E-state index in [0.29, 0.717) is 59.6 Å². The van der Waals surface area contributed by atoms with E-state index in [9.17, 15) is 18.0 Å². The lowest BCUT2D eigenvalue weighted by molar-refractivity contribution is -0.144. The predicted molar refractivity (Wildman–Crippen MR) is 145 cm³/mol. The van der Waals surface area contributed by atoms with Gasteiger partial charge in [-0.15, -0.1) is 0 Å². The quantitative estimate of drug-likeness (QED) is 0.297. The number of hydrogen-bond acceptors (Lipinski definition) is 9. The number of rotatable bonds is 9. The van der Waals surface area contributed by atoms with Crippen LogP contribution >= 0.6 is 0 Å². The number of nitrogens with zero attached hydrogens (tertiary/aromatic N) is 4. The molecule has 1 aliphatic rings. The van der Waals surface area contributed by atoms with Crippen LogP contribution in [0.4, 0.5) is 0 Å². The highest BCUT2D eigenvalue weighted by atomic mass is 32.2. The first-order valence-corrected chi connectivity index (χ1v) is 14.3. The van der Waals surface area contributed by atoms with Crippen LogP contribution in [0.3, 0.4) is 0 Å². The van der Waals surface area contributed by atoms with Gasteiger partial charge in [-0.2, -0.15) is 4.31 Å². The van der Waals surface area contributed by atoms with Gasteiger partial charge in [-0.25, -0.2) is 18.4 Å². The highest BCUT2D eigenvalue weighted by molar-refractivity contribution is 7.89. The van der Waals surface area contributed by atoms with Gasteiger partial charge in [-0.3, -0.25) is 14.5 Å². The summed E-state index contributed by atoms with van der Waals surface area (Å²) in [6.45, 7) is 5.83. The number of sulfonamides is 1. The number of aromatic nitrogens is 4. The smallest absolute Gasteiger partial charge is 0.320 e. The Morgan fingerprint density at radius 2 is 1.87 bits per heavy atom. The summed E-state index contributed by atoms with van der Waals surface area (Å²) in [4.78, 5) is 41.4. The van der Waals surface area contributed by atoms with Gasteiger partial charge in [0.2, 0.25) is 10.0 Å². The summed E-state index contributed by atoms with van der Waals surface area (Å²) in [5.41, 5.74) is 1.81. The highest BCUT2D eigenvalue weighted by Gasteiger charge is 2.30. The number of piperazine rings is 1. The Bertz CT molecular complexity index is 1670. The van der Waals surface area contributed by atoms with Crippen LogP contribution in [0.2, 0.25) is 0 Å². The molecule has 0 radical (unpaired) electrons. The fourth-order valence-electron chi connectivity index (χ4n) is 4.55. The first-order valence-electron chi connectivity index (χ1n) is 12.8. The molecule has 1 aliphatic heterocycles. The Morgan fingerprint density at radius 1 is 1.08 bits per heavy atom. The van der Waals surface area contributed by atoms with E-state index in [2.05, 4.69) is 19.9 Å². The van der Waals surface area contributed by atoms with Crippen LogP contribution in [0, 0.1) is 0 Å². The Balaban J connectivity index is 1.48. The van der Waals surface area contributed by atoms with Gasteiger partial charge in [0, 0.05) is 26.2 Å². The van der Waals surface area contributed by atoms with E-state index in [1.54, 1.807) is 31.5 Å². The molecule has 1 saturated heterocycles. The summed E-state index contributed by atoms with van der Waals surface area (Å²) in [6.07, 6.45) is 2.29. The fraction of sp³-hybridized carbons (Fsp3) is 0.385. The van der Waals surface area contributed by atoms with Crippen molar-refractivity contribution < 1.29 is 22.7 Å². The average Bonchev–Trinajstić information content (AvgIpc) is 3.38. The third-order valence-electron chi connectivity index (χ3n) is 6.54. The molecular weight excluding hydrogens is 524 g/mol. The molecular formula is C26H30N6O6S. The van der Waals surface area contributed by atoms with Crippen molar-refractivity contribution in [2.24, 2.45) is 0 Å². The normalized spacial score (nSPS) is 15.1. The van der Waals surface area contributed by atoms with Crippen LogP contribution in [0.25, 0.3) is 33.3 Å². The number of ether oxygens (including phenoxy) is 2. The van der Waals surface area contributed by atoms with Gasteiger partial charge in [0.15, 0.2) is 0 Å². The van der Waals surface area contributed by atoms with Crippen LogP contribution < -0.4 is 10.3 Å². The third-order valence-corrected chi connectivity index (χ3v) is 8.44. The van der Waals surface area contributed by atoms with E-state index in [4.69, 9.17) is 9.47 Å². The van der Waals surface area contributed by atoms with E-state index in [1.807, 2.05) is 11.8 Å². The van der Waals surface area contributed by atoms with E-state index in [0.717, 1.165) is 6.42 Å². The minimum atomic E-state index is -3.86. The summed E-state index contributed by atoms with van der Waals surface area (Å²) in [5, 5.41) is 0.385. The zero-order chi connectivity index (χ0) is 27.6. The van der Waals surface area contributed by atoms with Crippen molar-refractivity contribution in [1.82, 2.24) is 29.1 Å². The van der Waals surface area contributed by atoms with E-state index in [1.165, 1.54) is 16.4 Å². The molecule has 0 bridgehead atoms. The number of imidazole rings is 1. The first-order chi connectivity index (χ1) is 18.8. The topological polar surface area (TPSA) is 151 Å². The van der Waals surface area contributed by atoms with E-state index < -0.39 is 10.0 Å². The van der Waals surface area contributed by atoms with Gasteiger partial charge in [0.05, 0.1) is 58.5 Å². The Morgan fingerprint density at radius 3 is 2.62 bits per heavy atom. The molecule has 2 N–H and O–H groups in total. The zero-order valence-corrected chi connectivity index (χ0v) is 22.6. The largest absolute Gasteiger partial charge is 0.493 e. The molecule has 0 amide bonds. The van der Waals surface area contributed by atoms with Crippen molar-refractivity contribution in [1.29, 1.82) is 0 Å². The summed E-state index contributed by atoms with van der Waals surface area (Å²) >= 11 is 0. The van der Waals surface area contributed by atoms with E-state index >= 15 is 0 Å². The molecule has 13 heteroatoms. The Labute approximate surface area is 225 Å². The third kappa shape index (κ3) is 5.51. The molecule has 3 heterocycles. The van der Waals surface area contributed by atoms with Crippen molar-refractivity contribution in [3.63, 3.8) is 0 Å². The van der Waals surface area contributed by atoms with Gasteiger partial charge in [0.1, 0.15) is 11.6 Å². The molecule has 1 fully saturated rings. The van der Waals surface area contributed by atoms with Gasteiger partial charge < -0.3 is 19.4 Å². The monoisotopic (exact) mass is 554 g/mol. The molecule has 206 valence electrons. The zero-order valence-electron chi connectivity index (χ0n) is 21.8. The summed E-state index contributed by atoms with van der Waals surface area (Å²) in [7, 11) is -3.86. The van der Waals surface area contributed by atoms with Crippen molar-refractivity contribution in [3.05, 3.63) is 47.0 Å². The maximum Gasteiger partial charge on any atom is 0.320 e. The number of carbonyl (C=O) groups excluding carboxylic acids is 1. The van der Waals surface area contributed by atoms with Gasteiger partial charge >= 0.3 is 5.97 Å². The summed E-state index contributed by atoms with van der Waals surface area (Å²) in [5.74, 6) is 0.286. The molecule has 0 aliphatic carbocycles. The lowest BCUT2D eigenvalue weighted by Gasteiger charge is -2.33. The van der Waals surface area contributed by atoms with Crippen LogP contribution in [0.15, 0.2) is 46.3 Å². The number of nitrogens with one attached hydrogen (secondary N) is 2. The number of fused-ring (bicyclic) bond motifs is 2. The molecule has 4 aromatic rings. The number of carbonyl (C=O) groups is 1. The molecule has 39 heavy (non-hydrogen) atoms. The fourth-order valence-corrected chi connectivity index (χ4v) is 6.00. The maximum absolute atomic E-state index is 13.6. The predicted octanol–water partition coefficient (Wildman–Crippen LogP) is 2.12. The second-order valence-electron chi connectivity index (χ2n) is 9.20. The second kappa shape index (κ2) is 11.1. The number of H-pyrrole nitrogens is 2. The minimum absolute atomic E-state index is 0.0608. The standard InChI is InChI=1S/C26H30N6O6S/c1-3-11-38-23-6-5-17(39(35,36)32-9-7-31(8-10-32)15-24(33)37-4-2)12-19(23)25-29-20-14-22-21(27-16-28-22)13-18(20)26(34)30-25/h5-6,12-14,16H,3-4,7-11,15H2,1-2H3,(H,27,28)(H,29,30,34). The molecule has 0 unspecified atom stereocenters. The lowest BCUT2D eigenvalue weighted by Crippen LogP contribution is -2.49. The average molecular weight is 555 g/mol. The molecule has 0 saturated carbocycles. The van der Waals surface area contributed by atoms with Crippen molar-refractivity contribution >= 4 is 37.9 Å². The maximum atomic E-state index is 13.6. The van der Waals surface area contributed by atoms with Crippen LogP contribution in [0.5, 0.6) is 5.75 Å². The minimum Gasteiger partial charge on any atom is -0.493 e. The van der Waals surface area contributed by atoms with Gasteiger partial charge in [-0.1, -0.05) is 6.92 Å². The molecule has 0 atom stereocenters. The SMILES string of the molecule is CCCOc1ccc(S(=O)(=O)N2CCN(CC(=O)OCC)CC2)cc1-c1nc2cc3nc[nH]c3cc2c(=O)[nH]1. The van der Waals surface area contributed by atoms with E-state index in [-0.39, 0.29) is 41.9 Å². The number of hydrogen-bond donors (Lipinski definition) is 2.